The van der Waals surface area contributed by atoms with E-state index in [9.17, 15) is 0 Å². The Balaban J connectivity index is 1.71. The minimum Gasteiger partial charge on any atom is -0.454 e. The summed E-state index contributed by atoms with van der Waals surface area (Å²) in [7, 11) is 0. The normalized spacial score (nSPS) is 18.9. The van der Waals surface area contributed by atoms with E-state index in [4.69, 9.17) is 14.2 Å². The lowest BCUT2D eigenvalue weighted by Gasteiger charge is -2.27. The van der Waals surface area contributed by atoms with Crippen LogP contribution in [0.1, 0.15) is 5.56 Å². The molecule has 2 heterocycles. The highest BCUT2D eigenvalue weighted by molar-refractivity contribution is 5.48. The zero-order valence-electron chi connectivity index (χ0n) is 8.36. The molecule has 1 fully saturated rings. The summed E-state index contributed by atoms with van der Waals surface area (Å²) in [4.78, 5) is 0. The Kier molecular flexibility index (Phi) is 2.23. The first-order valence-electron chi connectivity index (χ1n) is 5.12. The second-order valence-corrected chi connectivity index (χ2v) is 3.77. The second-order valence-electron chi connectivity index (χ2n) is 3.77. The molecule has 2 aliphatic rings. The summed E-state index contributed by atoms with van der Waals surface area (Å²) in [6.07, 6.45) is 0. The van der Waals surface area contributed by atoms with E-state index in [2.05, 4.69) is 11.4 Å². The van der Waals surface area contributed by atoms with Crippen molar-refractivity contribution in [3.8, 4) is 11.5 Å². The van der Waals surface area contributed by atoms with Gasteiger partial charge in [-0.3, -0.25) is 0 Å². The number of nitrogens with one attached hydrogen (secondary N) is 1. The maximum absolute atomic E-state index is 5.42. The fraction of sp³-hybridized carbons (Fsp3) is 0.455. The SMILES string of the molecule is c1cc(CNC2COC2)c2c(c1)OCO2. The molecule has 0 spiro atoms. The van der Waals surface area contributed by atoms with Crippen molar-refractivity contribution in [2.75, 3.05) is 20.0 Å². The van der Waals surface area contributed by atoms with Gasteiger partial charge >= 0.3 is 0 Å². The van der Waals surface area contributed by atoms with Gasteiger partial charge in [-0.2, -0.15) is 0 Å². The number of fused-ring (bicyclic) bond motifs is 1. The molecule has 0 radical (unpaired) electrons. The molecule has 0 saturated carbocycles. The molecule has 1 N–H and O–H groups in total. The van der Waals surface area contributed by atoms with E-state index in [0.29, 0.717) is 12.8 Å². The summed E-state index contributed by atoms with van der Waals surface area (Å²) in [5.74, 6) is 1.73. The summed E-state index contributed by atoms with van der Waals surface area (Å²) in [5, 5.41) is 3.40. The lowest BCUT2D eigenvalue weighted by Crippen LogP contribution is -2.45. The zero-order valence-corrected chi connectivity index (χ0v) is 8.36. The first-order chi connectivity index (χ1) is 7.43. The average molecular weight is 207 g/mol. The highest BCUT2D eigenvalue weighted by Gasteiger charge is 2.20. The van der Waals surface area contributed by atoms with Gasteiger partial charge in [-0.05, 0) is 6.07 Å². The van der Waals surface area contributed by atoms with Crippen molar-refractivity contribution in [3.05, 3.63) is 23.8 Å². The van der Waals surface area contributed by atoms with Crippen molar-refractivity contribution in [2.24, 2.45) is 0 Å². The Labute approximate surface area is 88.1 Å². The topological polar surface area (TPSA) is 39.7 Å². The Morgan fingerprint density at radius 2 is 2.20 bits per heavy atom. The van der Waals surface area contributed by atoms with Gasteiger partial charge in [0, 0.05) is 12.1 Å². The van der Waals surface area contributed by atoms with Crippen LogP contribution >= 0.6 is 0 Å². The number of hydrogen-bond donors (Lipinski definition) is 1. The number of benzene rings is 1. The third-order valence-corrected chi connectivity index (χ3v) is 2.70. The van der Waals surface area contributed by atoms with Crippen LogP contribution in [0.3, 0.4) is 0 Å². The molecule has 1 saturated heterocycles. The molecule has 4 heteroatoms. The van der Waals surface area contributed by atoms with Crippen LogP contribution in [0.15, 0.2) is 18.2 Å². The minimum atomic E-state index is 0.332. The number of rotatable bonds is 3. The van der Waals surface area contributed by atoms with Gasteiger partial charge in [-0.25, -0.2) is 0 Å². The van der Waals surface area contributed by atoms with Crippen molar-refractivity contribution in [1.29, 1.82) is 0 Å². The third-order valence-electron chi connectivity index (χ3n) is 2.70. The van der Waals surface area contributed by atoms with Crippen LogP contribution in [0.4, 0.5) is 0 Å². The number of ether oxygens (including phenoxy) is 3. The maximum Gasteiger partial charge on any atom is 0.231 e. The molecule has 0 unspecified atom stereocenters. The van der Waals surface area contributed by atoms with Crippen molar-refractivity contribution in [1.82, 2.24) is 5.32 Å². The van der Waals surface area contributed by atoms with Crippen LogP contribution in [0.2, 0.25) is 0 Å². The van der Waals surface area contributed by atoms with Gasteiger partial charge in [-0.15, -0.1) is 0 Å². The molecular weight excluding hydrogens is 194 g/mol. The van der Waals surface area contributed by atoms with Gasteiger partial charge in [-0.1, -0.05) is 12.1 Å². The molecule has 1 aromatic rings. The number of hydrogen-bond acceptors (Lipinski definition) is 4. The lowest BCUT2D eigenvalue weighted by molar-refractivity contribution is -0.00585. The molecule has 4 nitrogen and oxygen atoms in total. The molecule has 15 heavy (non-hydrogen) atoms. The third kappa shape index (κ3) is 1.66. The Morgan fingerprint density at radius 1 is 1.27 bits per heavy atom. The van der Waals surface area contributed by atoms with Gasteiger partial charge in [0.05, 0.1) is 19.3 Å². The lowest BCUT2D eigenvalue weighted by atomic mass is 10.1. The minimum absolute atomic E-state index is 0.332. The monoisotopic (exact) mass is 207 g/mol. The van der Waals surface area contributed by atoms with Crippen LogP contribution in [0.5, 0.6) is 11.5 Å². The molecule has 0 bridgehead atoms. The smallest absolute Gasteiger partial charge is 0.231 e. The first-order valence-corrected chi connectivity index (χ1v) is 5.12. The van der Waals surface area contributed by atoms with Crippen LogP contribution in [-0.4, -0.2) is 26.0 Å². The number of para-hydroxylation sites is 1. The van der Waals surface area contributed by atoms with E-state index >= 15 is 0 Å². The van der Waals surface area contributed by atoms with Crippen molar-refractivity contribution in [3.63, 3.8) is 0 Å². The largest absolute Gasteiger partial charge is 0.454 e. The second kappa shape index (κ2) is 3.72. The molecule has 0 atom stereocenters. The summed E-state index contributed by atoms with van der Waals surface area (Å²) in [6, 6.07) is 6.46. The molecule has 1 aromatic carbocycles. The van der Waals surface area contributed by atoms with Crippen LogP contribution in [0.25, 0.3) is 0 Å². The van der Waals surface area contributed by atoms with E-state index in [0.717, 1.165) is 36.8 Å². The molecule has 80 valence electrons. The zero-order chi connectivity index (χ0) is 10.1. The highest BCUT2D eigenvalue weighted by atomic mass is 16.7. The fourth-order valence-corrected chi connectivity index (χ4v) is 1.74. The van der Waals surface area contributed by atoms with Gasteiger partial charge in [0.2, 0.25) is 6.79 Å². The Bertz CT molecular complexity index is 363. The quantitative estimate of drug-likeness (QED) is 0.799. The predicted octanol–water partition coefficient (Wildman–Crippen LogP) is 0.904. The van der Waals surface area contributed by atoms with Gasteiger partial charge < -0.3 is 19.5 Å². The average Bonchev–Trinajstić information content (AvgIpc) is 2.63. The van der Waals surface area contributed by atoms with Crippen LogP contribution < -0.4 is 14.8 Å². The Morgan fingerprint density at radius 3 is 3.00 bits per heavy atom. The fourth-order valence-electron chi connectivity index (χ4n) is 1.74. The van der Waals surface area contributed by atoms with Gasteiger partial charge in [0.15, 0.2) is 11.5 Å². The molecular formula is C11H13NO3. The van der Waals surface area contributed by atoms with E-state index in [-0.39, 0.29) is 0 Å². The predicted molar refractivity (Wildman–Crippen MR) is 54.0 cm³/mol. The molecule has 2 aliphatic heterocycles. The van der Waals surface area contributed by atoms with Crippen LogP contribution in [0, 0.1) is 0 Å². The van der Waals surface area contributed by atoms with Crippen molar-refractivity contribution in [2.45, 2.75) is 12.6 Å². The van der Waals surface area contributed by atoms with Gasteiger partial charge in [0.25, 0.3) is 0 Å². The molecule has 0 aliphatic carbocycles. The molecule has 3 rings (SSSR count). The molecule has 0 amide bonds. The van der Waals surface area contributed by atoms with E-state index in [1.807, 2.05) is 12.1 Å². The molecule has 0 aromatic heterocycles. The maximum atomic E-state index is 5.42. The van der Waals surface area contributed by atoms with E-state index in [1.165, 1.54) is 0 Å². The Hall–Kier alpha value is -1.26. The van der Waals surface area contributed by atoms with Crippen molar-refractivity contribution >= 4 is 0 Å². The standard InChI is InChI=1S/C11H13NO3/c1-2-8(4-12-9-5-13-6-9)11-10(3-1)14-7-15-11/h1-3,9,12H,4-7H2. The summed E-state index contributed by atoms with van der Waals surface area (Å²) in [6.45, 7) is 2.76. The van der Waals surface area contributed by atoms with Gasteiger partial charge in [0.1, 0.15) is 0 Å². The summed E-state index contributed by atoms with van der Waals surface area (Å²) >= 11 is 0. The van der Waals surface area contributed by atoms with Crippen molar-refractivity contribution < 1.29 is 14.2 Å². The van der Waals surface area contributed by atoms with E-state index in [1.54, 1.807) is 0 Å². The summed E-state index contributed by atoms with van der Waals surface area (Å²) < 4.78 is 15.8. The first kappa shape index (κ1) is 9.00. The highest BCUT2D eigenvalue weighted by Crippen LogP contribution is 2.35. The van der Waals surface area contributed by atoms with E-state index < -0.39 is 0 Å². The van der Waals surface area contributed by atoms with Crippen LogP contribution in [-0.2, 0) is 11.3 Å². The summed E-state index contributed by atoms with van der Waals surface area (Å²) in [5.41, 5.74) is 1.15.